The zero-order chi connectivity index (χ0) is 19.5. The summed E-state index contributed by atoms with van der Waals surface area (Å²) < 4.78 is 5.62. The number of nitrogens with zero attached hydrogens (tertiary/aromatic N) is 2. The maximum Gasteiger partial charge on any atom is 0.194 e. The van der Waals surface area contributed by atoms with Crippen molar-refractivity contribution in [3.8, 4) is 11.8 Å². The molecule has 5 nitrogen and oxygen atoms in total. The highest BCUT2D eigenvalue weighted by molar-refractivity contribution is 5.82. The summed E-state index contributed by atoms with van der Waals surface area (Å²) in [6.07, 6.45) is 6.85. The molecule has 1 heterocycles. The van der Waals surface area contributed by atoms with E-state index in [2.05, 4.69) is 30.0 Å². The maximum atomic E-state index is 11.4. The summed E-state index contributed by atoms with van der Waals surface area (Å²) in [5.41, 5.74) is 8.81. The Hall–Kier alpha value is -2.03. The predicted octanol–water partition coefficient (Wildman–Crippen LogP) is 2.35. The first-order chi connectivity index (χ1) is 13.5. The topological polar surface area (TPSA) is 71.1 Å². The molecule has 0 aromatic heterocycles. The van der Waals surface area contributed by atoms with Crippen LogP contribution in [0.4, 0.5) is 0 Å². The number of nitrogens with two attached hydrogens (primary N) is 1. The van der Waals surface area contributed by atoms with Crippen LogP contribution in [0.15, 0.2) is 23.2 Å². The highest BCUT2D eigenvalue weighted by Crippen LogP contribution is 2.63. The molecule has 0 amide bonds. The van der Waals surface area contributed by atoms with Gasteiger partial charge in [0.25, 0.3) is 0 Å². The molecule has 2 fully saturated rings. The molecule has 5 heteroatoms. The molecule has 4 aliphatic rings. The van der Waals surface area contributed by atoms with E-state index < -0.39 is 11.8 Å². The maximum absolute atomic E-state index is 11.4. The molecule has 1 aliphatic heterocycles. The van der Waals surface area contributed by atoms with Crippen molar-refractivity contribution in [3.05, 3.63) is 34.9 Å². The molecule has 3 N–H and O–H groups in total. The van der Waals surface area contributed by atoms with E-state index in [1.165, 1.54) is 18.4 Å². The van der Waals surface area contributed by atoms with Crippen molar-refractivity contribution >= 4 is 5.96 Å². The van der Waals surface area contributed by atoms with E-state index in [-0.39, 0.29) is 5.41 Å². The fraction of sp³-hybridized carbons (Fsp3) is 0.609. The van der Waals surface area contributed by atoms with Gasteiger partial charge in [-0.3, -0.25) is 0 Å². The van der Waals surface area contributed by atoms with Crippen LogP contribution in [0.5, 0.6) is 0 Å². The van der Waals surface area contributed by atoms with Crippen LogP contribution in [-0.4, -0.2) is 42.5 Å². The third-order valence-corrected chi connectivity index (χ3v) is 7.47. The van der Waals surface area contributed by atoms with E-state index in [4.69, 9.17) is 15.5 Å². The average Bonchev–Trinajstić information content (AvgIpc) is 3.47. The Labute approximate surface area is 167 Å². The average molecular weight is 380 g/mol. The minimum Gasteiger partial charge on any atom is -0.381 e. The zero-order valence-corrected chi connectivity index (χ0v) is 16.7. The Morgan fingerprint density at radius 3 is 2.61 bits per heavy atom. The van der Waals surface area contributed by atoms with E-state index in [0.717, 1.165) is 43.2 Å². The second kappa shape index (κ2) is 6.23. The van der Waals surface area contributed by atoms with Crippen molar-refractivity contribution in [2.24, 2.45) is 22.1 Å². The van der Waals surface area contributed by atoms with Gasteiger partial charge in [-0.2, -0.15) is 0 Å². The summed E-state index contributed by atoms with van der Waals surface area (Å²) in [5, 5.41) is 11.4. The van der Waals surface area contributed by atoms with E-state index in [1.807, 2.05) is 7.05 Å². The Kier molecular flexibility index (Phi) is 4.01. The Morgan fingerprint density at radius 1 is 1.25 bits per heavy atom. The lowest BCUT2D eigenvalue weighted by Gasteiger charge is -2.48. The van der Waals surface area contributed by atoms with Crippen molar-refractivity contribution in [2.75, 3.05) is 14.2 Å². The molecule has 0 saturated heterocycles. The molecule has 1 aromatic carbocycles. The predicted molar refractivity (Wildman–Crippen MR) is 109 cm³/mol. The highest BCUT2D eigenvalue weighted by Gasteiger charge is 2.65. The number of aliphatic hydroxyl groups excluding tert-OH is 1. The Bertz CT molecular complexity index is 887. The quantitative estimate of drug-likeness (QED) is 0.735. The molecule has 2 spiro atoms. The Balaban J connectivity index is 1.62. The smallest absolute Gasteiger partial charge is 0.194 e. The number of aliphatic hydroxyl groups is 1. The molecule has 5 rings (SSSR count). The summed E-state index contributed by atoms with van der Waals surface area (Å²) in [6, 6.07) is 6.49. The SMILES string of the molecule is COC1CCC2(CC1)Cc1ccc(C#CC3CC3)cc1C21N=C(N)N(C)C1O. The molecule has 148 valence electrons. The largest absolute Gasteiger partial charge is 0.381 e. The van der Waals surface area contributed by atoms with Crippen LogP contribution in [0.1, 0.15) is 55.2 Å². The Morgan fingerprint density at radius 2 is 2.00 bits per heavy atom. The van der Waals surface area contributed by atoms with E-state index in [9.17, 15) is 5.11 Å². The summed E-state index contributed by atoms with van der Waals surface area (Å²) >= 11 is 0. The lowest BCUT2D eigenvalue weighted by molar-refractivity contribution is -0.0768. The minimum absolute atomic E-state index is 0.123. The second-order valence-corrected chi connectivity index (χ2v) is 9.03. The van der Waals surface area contributed by atoms with Gasteiger partial charge in [0.05, 0.1) is 6.10 Å². The van der Waals surface area contributed by atoms with Crippen molar-refractivity contribution in [1.29, 1.82) is 0 Å². The normalized spacial score (nSPS) is 36.4. The number of guanidine groups is 1. The number of methoxy groups -OCH3 is 1. The lowest BCUT2D eigenvalue weighted by atomic mass is 9.61. The fourth-order valence-corrected chi connectivity index (χ4v) is 5.61. The third-order valence-electron chi connectivity index (χ3n) is 7.47. The molecule has 2 atom stereocenters. The minimum atomic E-state index is -0.750. The van der Waals surface area contributed by atoms with Crippen LogP contribution >= 0.6 is 0 Å². The zero-order valence-electron chi connectivity index (χ0n) is 16.7. The summed E-state index contributed by atoms with van der Waals surface area (Å²) in [5.74, 6) is 7.68. The monoisotopic (exact) mass is 379 g/mol. The number of fused-ring (bicyclic) bond motifs is 3. The van der Waals surface area contributed by atoms with Gasteiger partial charge in [0.2, 0.25) is 0 Å². The van der Waals surface area contributed by atoms with Crippen molar-refractivity contribution in [2.45, 2.75) is 62.8 Å². The van der Waals surface area contributed by atoms with Crippen LogP contribution in [0, 0.1) is 23.2 Å². The number of rotatable bonds is 1. The summed E-state index contributed by atoms with van der Waals surface area (Å²) in [6.45, 7) is 0. The number of hydrogen-bond acceptors (Lipinski definition) is 5. The van der Waals surface area contributed by atoms with Gasteiger partial charge in [0, 0.05) is 31.1 Å². The number of benzene rings is 1. The van der Waals surface area contributed by atoms with Crippen LogP contribution in [0.2, 0.25) is 0 Å². The van der Waals surface area contributed by atoms with Gasteiger partial charge in [0.1, 0.15) is 5.54 Å². The van der Waals surface area contributed by atoms with Gasteiger partial charge >= 0.3 is 0 Å². The third kappa shape index (κ3) is 2.44. The fourth-order valence-electron chi connectivity index (χ4n) is 5.61. The van der Waals surface area contributed by atoms with E-state index in [1.54, 1.807) is 12.0 Å². The number of aliphatic imine (C=N–C) groups is 1. The van der Waals surface area contributed by atoms with Gasteiger partial charge < -0.3 is 20.5 Å². The first-order valence-electron chi connectivity index (χ1n) is 10.4. The van der Waals surface area contributed by atoms with Gasteiger partial charge in [-0.05, 0) is 68.2 Å². The summed E-state index contributed by atoms with van der Waals surface area (Å²) in [4.78, 5) is 6.70. The first kappa shape index (κ1) is 18.0. The summed E-state index contributed by atoms with van der Waals surface area (Å²) in [7, 11) is 3.63. The number of ether oxygens (including phenoxy) is 1. The lowest BCUT2D eigenvalue weighted by Crippen LogP contribution is -2.54. The van der Waals surface area contributed by atoms with Crippen molar-refractivity contribution in [3.63, 3.8) is 0 Å². The number of hydrogen-bond donors (Lipinski definition) is 2. The van der Waals surface area contributed by atoms with Gasteiger partial charge in [-0.25, -0.2) is 4.99 Å². The molecule has 2 saturated carbocycles. The van der Waals surface area contributed by atoms with Crippen molar-refractivity contribution < 1.29 is 9.84 Å². The number of likely N-dealkylation sites (N-methyl/N-ethyl adjacent to an activating group) is 1. The van der Waals surface area contributed by atoms with E-state index in [0.29, 0.717) is 18.0 Å². The molecule has 2 unspecified atom stereocenters. The molecule has 0 bridgehead atoms. The van der Waals surface area contributed by atoms with Crippen LogP contribution in [0.25, 0.3) is 0 Å². The van der Waals surface area contributed by atoms with Crippen molar-refractivity contribution in [1.82, 2.24) is 4.90 Å². The molecule has 28 heavy (non-hydrogen) atoms. The standard InChI is InChI=1S/C23H29N3O2/c1-26-20(27)23(25-21(26)24)19-13-16(6-5-15-3-4-15)7-8-17(19)14-22(23)11-9-18(28-2)10-12-22/h7-8,13,15,18,20,27H,3-4,9-12,14H2,1-2H3,(H2,24,25). The van der Waals surface area contributed by atoms with Crippen LogP contribution < -0.4 is 5.73 Å². The molecule has 3 aliphatic carbocycles. The molecular weight excluding hydrogens is 350 g/mol. The molecule has 1 aromatic rings. The first-order valence-corrected chi connectivity index (χ1v) is 10.4. The van der Waals surface area contributed by atoms with Gasteiger partial charge in [0.15, 0.2) is 12.2 Å². The molecular formula is C23H29N3O2. The van der Waals surface area contributed by atoms with Crippen LogP contribution in [-0.2, 0) is 16.7 Å². The van der Waals surface area contributed by atoms with E-state index >= 15 is 0 Å². The highest BCUT2D eigenvalue weighted by atomic mass is 16.5. The van der Waals surface area contributed by atoms with Crippen LogP contribution in [0.3, 0.4) is 0 Å². The van der Waals surface area contributed by atoms with Gasteiger partial charge in [-0.1, -0.05) is 17.9 Å². The molecule has 0 radical (unpaired) electrons. The van der Waals surface area contributed by atoms with Gasteiger partial charge in [-0.15, -0.1) is 0 Å². The second-order valence-electron chi connectivity index (χ2n) is 9.03.